The van der Waals surface area contributed by atoms with Crippen LogP contribution in [0.25, 0.3) is 11.1 Å². The summed E-state index contributed by atoms with van der Waals surface area (Å²) in [6.07, 6.45) is 12.1. The molecule has 0 amide bonds. The molecule has 2 aliphatic rings. The molecule has 0 saturated carbocycles. The predicted molar refractivity (Wildman–Crippen MR) is 378 cm³/mol. The maximum Gasteiger partial charge on any atom is 0.232 e. The van der Waals surface area contributed by atoms with E-state index in [0.717, 1.165) is 77.0 Å². The third-order valence-corrected chi connectivity index (χ3v) is 23.5. The molecule has 12 nitrogen and oxygen atoms in total. The van der Waals surface area contributed by atoms with Gasteiger partial charge in [-0.3, -0.25) is 19.2 Å². The standard InChI is InChI=1S/C74H98N8O4S4/c1-21-67(5,6)37-41-71(13,14)87-63-77-61(78-64(81-63)88-72(15,16)42-38-68(7,8)22-2)75-51-35-33-45(53-55(51)59(85)49-31-27-25-29-47(49)57(53)83)46-34-36-52(56-54(46)58(84)48-30-26-28-32-50(48)60(56)86)76-62-79-65(89-73(17,18)43-39-69(9,10)23-3)82-66(80-62)90-74(19,20)44-40-70(11,12)24-4/h25-36H,21-24,37-44H2,1-20H3,(H,75,77,78,81)(H,76,79,80,82). The van der Waals surface area contributed by atoms with E-state index in [1.807, 2.05) is 0 Å². The highest BCUT2D eigenvalue weighted by molar-refractivity contribution is 8.01. The molecule has 90 heavy (non-hydrogen) atoms. The molecule has 0 saturated heterocycles. The minimum Gasteiger partial charge on any atom is -0.323 e. The van der Waals surface area contributed by atoms with Crippen LogP contribution < -0.4 is 10.6 Å². The van der Waals surface area contributed by atoms with Crippen molar-refractivity contribution in [3.63, 3.8) is 0 Å². The number of carbonyl (C=O) groups excluding carboxylic acids is 4. The Balaban J connectivity index is 1.27. The third-order valence-electron chi connectivity index (χ3n) is 19.0. The summed E-state index contributed by atoms with van der Waals surface area (Å²) in [5.74, 6) is -1.09. The number of carbonyl (C=O) groups is 4. The number of benzene rings is 4. The summed E-state index contributed by atoms with van der Waals surface area (Å²) >= 11 is 6.44. The van der Waals surface area contributed by atoms with Gasteiger partial charge in [0.2, 0.25) is 11.9 Å². The Morgan fingerprint density at radius 3 is 0.767 bits per heavy atom. The summed E-state index contributed by atoms with van der Waals surface area (Å²) in [7, 11) is 0. The molecule has 16 heteroatoms. The van der Waals surface area contributed by atoms with Crippen molar-refractivity contribution >= 4 is 93.5 Å². The predicted octanol–water partition coefficient (Wildman–Crippen LogP) is 21.1. The minimum atomic E-state index is -0.399. The molecule has 8 rings (SSSR count). The van der Waals surface area contributed by atoms with Crippen molar-refractivity contribution < 1.29 is 19.2 Å². The lowest BCUT2D eigenvalue weighted by molar-refractivity contribution is 0.0978. The molecule has 6 aromatic rings. The first kappa shape index (κ1) is 70.4. The summed E-state index contributed by atoms with van der Waals surface area (Å²) in [6, 6.07) is 20.7. The van der Waals surface area contributed by atoms with Crippen LogP contribution in [0.4, 0.5) is 23.3 Å². The number of rotatable bonds is 29. The number of hydrogen-bond acceptors (Lipinski definition) is 16. The van der Waals surface area contributed by atoms with Gasteiger partial charge in [0.05, 0.1) is 22.5 Å². The summed E-state index contributed by atoms with van der Waals surface area (Å²) in [5.41, 5.74) is 3.37. The second kappa shape index (κ2) is 27.3. The number of aromatic nitrogens is 6. The van der Waals surface area contributed by atoms with Gasteiger partial charge >= 0.3 is 0 Å². The summed E-state index contributed by atoms with van der Waals surface area (Å²) < 4.78 is -0.926. The molecule has 0 spiro atoms. The average molecular weight is 1290 g/mol. The number of thioether (sulfide) groups is 4. The van der Waals surface area contributed by atoms with E-state index < -0.39 is 11.6 Å². The Hall–Kier alpha value is -5.42. The minimum absolute atomic E-state index is 0.0963. The maximum absolute atomic E-state index is 15.5. The highest BCUT2D eigenvalue weighted by atomic mass is 32.2. The van der Waals surface area contributed by atoms with E-state index in [0.29, 0.717) is 43.1 Å². The average Bonchev–Trinajstić information content (AvgIpc) is 0.726. The second-order valence-corrected chi connectivity index (χ2v) is 37.1. The van der Waals surface area contributed by atoms with Gasteiger partial charge in [0.25, 0.3) is 0 Å². The van der Waals surface area contributed by atoms with Crippen LogP contribution >= 0.6 is 47.0 Å². The molecular formula is C74H98N8O4S4. The molecule has 2 aromatic heterocycles. The fourth-order valence-corrected chi connectivity index (χ4v) is 14.7. The molecule has 482 valence electrons. The zero-order valence-corrected chi connectivity index (χ0v) is 60.6. The first-order valence-electron chi connectivity index (χ1n) is 32.4. The number of nitrogens with zero attached hydrogens (tertiary/aromatic N) is 6. The van der Waals surface area contributed by atoms with Crippen molar-refractivity contribution in [3.8, 4) is 11.1 Å². The molecule has 2 N–H and O–H groups in total. The Morgan fingerprint density at radius 1 is 0.300 bits per heavy atom. The van der Waals surface area contributed by atoms with Crippen LogP contribution in [0.1, 0.15) is 279 Å². The first-order chi connectivity index (χ1) is 41.9. The first-order valence-corrected chi connectivity index (χ1v) is 35.7. The van der Waals surface area contributed by atoms with E-state index in [1.54, 1.807) is 120 Å². The Kier molecular flexibility index (Phi) is 21.3. The van der Waals surface area contributed by atoms with E-state index in [9.17, 15) is 0 Å². The molecular weight excluding hydrogens is 1190 g/mol. The van der Waals surface area contributed by atoms with Gasteiger partial charge in [0.1, 0.15) is 0 Å². The lowest BCUT2D eigenvalue weighted by Gasteiger charge is -2.30. The van der Waals surface area contributed by atoms with E-state index in [-0.39, 0.29) is 109 Å². The van der Waals surface area contributed by atoms with Crippen molar-refractivity contribution in [2.24, 2.45) is 21.7 Å². The quantitative estimate of drug-likeness (QED) is 0.0424. The van der Waals surface area contributed by atoms with Crippen molar-refractivity contribution in [2.45, 2.75) is 255 Å². The zero-order valence-electron chi connectivity index (χ0n) is 57.4. The van der Waals surface area contributed by atoms with Crippen LogP contribution in [0.15, 0.2) is 93.4 Å². The van der Waals surface area contributed by atoms with Crippen LogP contribution in [0.5, 0.6) is 0 Å². The lowest BCUT2D eigenvalue weighted by Crippen LogP contribution is -2.25. The monoisotopic (exact) mass is 1290 g/mol. The van der Waals surface area contributed by atoms with Crippen LogP contribution in [0, 0.1) is 21.7 Å². The lowest BCUT2D eigenvalue weighted by atomic mass is 9.75. The molecule has 2 aliphatic carbocycles. The van der Waals surface area contributed by atoms with Gasteiger partial charge in [0.15, 0.2) is 43.8 Å². The van der Waals surface area contributed by atoms with Gasteiger partial charge in [-0.15, -0.1) is 0 Å². The molecule has 0 unspecified atom stereocenters. The van der Waals surface area contributed by atoms with Gasteiger partial charge < -0.3 is 10.6 Å². The molecule has 0 bridgehead atoms. The summed E-state index contributed by atoms with van der Waals surface area (Å²) in [5, 5.41) is 9.11. The Labute approximate surface area is 554 Å². The number of anilines is 4. The summed E-state index contributed by atoms with van der Waals surface area (Å²) in [6.45, 7) is 45.2. The van der Waals surface area contributed by atoms with E-state index in [4.69, 9.17) is 29.9 Å². The Bertz CT molecular complexity index is 3350. The smallest absolute Gasteiger partial charge is 0.232 e. The van der Waals surface area contributed by atoms with E-state index in [1.165, 1.54) is 0 Å². The van der Waals surface area contributed by atoms with Gasteiger partial charge in [-0.05, 0) is 96.3 Å². The fraction of sp³-hybridized carbons (Fsp3) is 0.541. The van der Waals surface area contributed by atoms with Crippen LogP contribution in [-0.4, -0.2) is 72.0 Å². The fourth-order valence-electron chi connectivity index (χ4n) is 10.8. The molecule has 0 fully saturated rings. The van der Waals surface area contributed by atoms with Crippen molar-refractivity contribution in [1.82, 2.24) is 29.9 Å². The number of fused-ring (bicyclic) bond motifs is 4. The van der Waals surface area contributed by atoms with Gasteiger partial charge in [-0.2, -0.15) is 29.9 Å². The van der Waals surface area contributed by atoms with Gasteiger partial charge in [-0.25, -0.2) is 0 Å². The second-order valence-electron chi connectivity index (χ2n) is 30.4. The van der Waals surface area contributed by atoms with Crippen molar-refractivity contribution in [2.75, 3.05) is 10.6 Å². The SMILES string of the molecule is CCC(C)(C)CCC(C)(C)Sc1nc(Nc2ccc(-c3ccc(Nc4nc(SC(C)(C)CCC(C)(C)CC)nc(SC(C)(C)CCC(C)(C)CC)n4)c4c3C(=O)c3ccccc3C4=O)c3c2C(=O)c2ccccc2C3=O)nc(SC(C)(C)CCC(C)(C)CC)n1. The van der Waals surface area contributed by atoms with Gasteiger partial charge in [0, 0.05) is 52.4 Å². The van der Waals surface area contributed by atoms with Crippen molar-refractivity contribution in [3.05, 3.63) is 117 Å². The molecule has 0 atom stereocenters. The summed E-state index contributed by atoms with van der Waals surface area (Å²) in [4.78, 5) is 92.1. The molecule has 2 heterocycles. The topological polar surface area (TPSA) is 170 Å². The number of nitrogens with one attached hydrogen (secondary N) is 2. The van der Waals surface area contributed by atoms with Crippen LogP contribution in [-0.2, 0) is 0 Å². The molecule has 4 aromatic carbocycles. The third kappa shape index (κ3) is 17.2. The van der Waals surface area contributed by atoms with Gasteiger partial charge in [-0.1, -0.05) is 272 Å². The van der Waals surface area contributed by atoms with Crippen molar-refractivity contribution in [1.29, 1.82) is 0 Å². The number of hydrogen-bond donors (Lipinski definition) is 2. The largest absolute Gasteiger partial charge is 0.323 e. The number of ketones is 4. The zero-order chi connectivity index (χ0) is 66.2. The van der Waals surface area contributed by atoms with Crippen LogP contribution in [0.3, 0.4) is 0 Å². The normalized spacial score (nSPS) is 14.1. The van der Waals surface area contributed by atoms with Crippen LogP contribution in [0.2, 0.25) is 0 Å². The molecule has 0 aliphatic heterocycles. The highest BCUT2D eigenvalue weighted by Crippen LogP contribution is 2.48. The van der Waals surface area contributed by atoms with E-state index >= 15 is 19.2 Å². The maximum atomic E-state index is 15.5. The molecule has 0 radical (unpaired) electrons. The van der Waals surface area contributed by atoms with E-state index in [2.05, 4.69) is 149 Å². The highest BCUT2D eigenvalue weighted by Gasteiger charge is 2.40. The Morgan fingerprint density at radius 2 is 0.533 bits per heavy atom.